The number of carbonyl (C=O) groups excluding carboxylic acids is 1. The number of hydrogen-bond donors (Lipinski definition) is 1. The lowest BCUT2D eigenvalue weighted by molar-refractivity contribution is -0.128. The number of likely N-dealkylation sites (tertiary alicyclic amines) is 1. The average molecular weight is 296 g/mol. The lowest BCUT2D eigenvalue weighted by atomic mass is 9.80. The Bertz CT molecular complexity index is 540. The molecule has 2 N–H and O–H groups in total. The molecule has 5 heteroatoms. The van der Waals surface area contributed by atoms with E-state index in [1.165, 1.54) is 6.07 Å². The van der Waals surface area contributed by atoms with E-state index in [-0.39, 0.29) is 11.3 Å². The van der Waals surface area contributed by atoms with Crippen molar-refractivity contribution >= 4 is 5.91 Å². The molecule has 1 heterocycles. The standard InChI is InChI=1S/C16H22F2N2O/c1-16(2,3)11-7-15(21)20(8-11)9-14(19)10-4-5-12(17)13(18)6-10/h4-6,11,14H,7-9,19H2,1-3H3. The third-order valence-electron chi connectivity index (χ3n) is 4.23. The van der Waals surface area contributed by atoms with Gasteiger partial charge in [-0.15, -0.1) is 0 Å². The Morgan fingerprint density at radius 2 is 2.00 bits per heavy atom. The van der Waals surface area contributed by atoms with Crippen LogP contribution in [0.1, 0.15) is 38.8 Å². The predicted molar refractivity (Wildman–Crippen MR) is 77.4 cm³/mol. The minimum Gasteiger partial charge on any atom is -0.340 e. The third-order valence-corrected chi connectivity index (χ3v) is 4.23. The van der Waals surface area contributed by atoms with Gasteiger partial charge in [0.1, 0.15) is 0 Å². The largest absolute Gasteiger partial charge is 0.340 e. The second kappa shape index (κ2) is 5.72. The van der Waals surface area contributed by atoms with Crippen LogP contribution in [0.15, 0.2) is 18.2 Å². The minimum atomic E-state index is -0.914. The van der Waals surface area contributed by atoms with Crippen LogP contribution in [0.5, 0.6) is 0 Å². The van der Waals surface area contributed by atoms with Gasteiger partial charge < -0.3 is 10.6 Å². The molecule has 0 bridgehead atoms. The van der Waals surface area contributed by atoms with Crippen molar-refractivity contribution in [3.05, 3.63) is 35.4 Å². The van der Waals surface area contributed by atoms with Gasteiger partial charge in [-0.2, -0.15) is 0 Å². The van der Waals surface area contributed by atoms with Crippen molar-refractivity contribution < 1.29 is 13.6 Å². The second-order valence-corrected chi connectivity index (χ2v) is 6.85. The van der Waals surface area contributed by atoms with Gasteiger partial charge in [-0.3, -0.25) is 4.79 Å². The number of benzene rings is 1. The van der Waals surface area contributed by atoms with Gasteiger partial charge in [0.05, 0.1) is 0 Å². The molecule has 1 aromatic rings. The van der Waals surface area contributed by atoms with Crippen LogP contribution in [0.2, 0.25) is 0 Å². The molecule has 0 aliphatic carbocycles. The number of nitrogens with zero attached hydrogens (tertiary/aromatic N) is 1. The molecule has 1 fully saturated rings. The van der Waals surface area contributed by atoms with Gasteiger partial charge in [0, 0.05) is 25.6 Å². The van der Waals surface area contributed by atoms with Crippen LogP contribution in [0.25, 0.3) is 0 Å². The van der Waals surface area contributed by atoms with E-state index in [4.69, 9.17) is 5.73 Å². The van der Waals surface area contributed by atoms with Gasteiger partial charge in [0.15, 0.2) is 11.6 Å². The first-order chi connectivity index (χ1) is 9.68. The second-order valence-electron chi connectivity index (χ2n) is 6.85. The number of halogens is 2. The molecule has 2 atom stereocenters. The fraction of sp³-hybridized carbons (Fsp3) is 0.562. The summed E-state index contributed by atoms with van der Waals surface area (Å²) in [5.41, 5.74) is 6.59. The molecular formula is C16H22F2N2O. The summed E-state index contributed by atoms with van der Waals surface area (Å²) < 4.78 is 26.2. The summed E-state index contributed by atoms with van der Waals surface area (Å²) in [7, 11) is 0. The lowest BCUT2D eigenvalue weighted by Gasteiger charge is -2.27. The van der Waals surface area contributed by atoms with Gasteiger partial charge in [-0.05, 0) is 29.0 Å². The lowest BCUT2D eigenvalue weighted by Crippen LogP contribution is -2.34. The topological polar surface area (TPSA) is 46.3 Å². The Kier molecular flexibility index (Phi) is 4.33. The van der Waals surface area contributed by atoms with Crippen molar-refractivity contribution in [2.45, 2.75) is 33.2 Å². The molecule has 1 aliphatic heterocycles. The highest BCUT2D eigenvalue weighted by Gasteiger charge is 2.37. The Morgan fingerprint density at radius 1 is 1.33 bits per heavy atom. The molecule has 1 saturated heterocycles. The summed E-state index contributed by atoms with van der Waals surface area (Å²) in [6.45, 7) is 7.34. The number of amides is 1. The Labute approximate surface area is 124 Å². The summed E-state index contributed by atoms with van der Waals surface area (Å²) in [5.74, 6) is -1.44. The number of nitrogens with two attached hydrogens (primary N) is 1. The van der Waals surface area contributed by atoms with E-state index < -0.39 is 17.7 Å². The molecule has 116 valence electrons. The summed E-state index contributed by atoms with van der Waals surface area (Å²) in [5, 5.41) is 0. The Morgan fingerprint density at radius 3 is 2.52 bits per heavy atom. The number of carbonyl (C=O) groups is 1. The minimum absolute atomic E-state index is 0.0660. The highest BCUT2D eigenvalue weighted by atomic mass is 19.2. The van der Waals surface area contributed by atoms with Crippen LogP contribution in [0, 0.1) is 23.0 Å². The summed E-state index contributed by atoms with van der Waals surface area (Å²) in [4.78, 5) is 13.8. The molecule has 2 rings (SSSR count). The zero-order valence-corrected chi connectivity index (χ0v) is 12.7. The van der Waals surface area contributed by atoms with Gasteiger partial charge in [0.2, 0.25) is 5.91 Å². The van der Waals surface area contributed by atoms with Gasteiger partial charge in [0.25, 0.3) is 0 Å². The summed E-state index contributed by atoms with van der Waals surface area (Å²) in [6.07, 6.45) is 0.522. The maximum atomic E-state index is 13.2. The van der Waals surface area contributed by atoms with Crippen LogP contribution in [0.3, 0.4) is 0 Å². The van der Waals surface area contributed by atoms with Crippen LogP contribution in [-0.4, -0.2) is 23.9 Å². The summed E-state index contributed by atoms with van der Waals surface area (Å²) >= 11 is 0. The molecular weight excluding hydrogens is 274 g/mol. The number of rotatable bonds is 3. The van der Waals surface area contributed by atoms with E-state index >= 15 is 0 Å². The van der Waals surface area contributed by atoms with Crippen molar-refractivity contribution in [1.29, 1.82) is 0 Å². The van der Waals surface area contributed by atoms with Crippen LogP contribution in [-0.2, 0) is 4.79 Å². The molecule has 3 nitrogen and oxygen atoms in total. The van der Waals surface area contributed by atoms with Gasteiger partial charge in [-0.1, -0.05) is 26.8 Å². The van der Waals surface area contributed by atoms with Crippen molar-refractivity contribution in [3.63, 3.8) is 0 Å². The van der Waals surface area contributed by atoms with Crippen molar-refractivity contribution in [2.24, 2.45) is 17.1 Å². The molecule has 1 aromatic carbocycles. The highest BCUT2D eigenvalue weighted by molar-refractivity contribution is 5.78. The molecule has 1 aliphatic rings. The first-order valence-corrected chi connectivity index (χ1v) is 7.17. The molecule has 21 heavy (non-hydrogen) atoms. The molecule has 0 radical (unpaired) electrons. The smallest absolute Gasteiger partial charge is 0.223 e. The van der Waals surface area contributed by atoms with Crippen molar-refractivity contribution in [2.75, 3.05) is 13.1 Å². The molecule has 2 unspecified atom stereocenters. The van der Waals surface area contributed by atoms with E-state index in [1.54, 1.807) is 4.90 Å². The SMILES string of the molecule is CC(C)(C)C1CC(=O)N(CC(N)c2ccc(F)c(F)c2)C1. The maximum absolute atomic E-state index is 13.2. The summed E-state index contributed by atoms with van der Waals surface area (Å²) in [6, 6.07) is 3.11. The number of hydrogen-bond acceptors (Lipinski definition) is 2. The van der Waals surface area contributed by atoms with E-state index in [0.717, 1.165) is 12.1 Å². The monoisotopic (exact) mass is 296 g/mol. The van der Waals surface area contributed by atoms with E-state index in [2.05, 4.69) is 20.8 Å². The van der Waals surface area contributed by atoms with Gasteiger partial charge >= 0.3 is 0 Å². The Hall–Kier alpha value is -1.49. The quantitative estimate of drug-likeness (QED) is 0.932. The molecule has 0 saturated carbocycles. The van der Waals surface area contributed by atoms with Crippen LogP contribution >= 0.6 is 0 Å². The normalized spacial score (nSPS) is 21.0. The maximum Gasteiger partial charge on any atom is 0.223 e. The zero-order valence-electron chi connectivity index (χ0n) is 12.7. The fourth-order valence-electron chi connectivity index (χ4n) is 2.61. The van der Waals surface area contributed by atoms with Crippen LogP contribution in [0.4, 0.5) is 8.78 Å². The molecule has 0 spiro atoms. The van der Waals surface area contributed by atoms with E-state index in [0.29, 0.717) is 31.0 Å². The predicted octanol–water partition coefficient (Wildman–Crippen LogP) is 2.86. The van der Waals surface area contributed by atoms with Gasteiger partial charge in [-0.25, -0.2) is 8.78 Å². The molecule has 0 aromatic heterocycles. The first kappa shape index (κ1) is 15.9. The van der Waals surface area contributed by atoms with Crippen molar-refractivity contribution in [3.8, 4) is 0 Å². The highest BCUT2D eigenvalue weighted by Crippen LogP contribution is 2.34. The molecule has 1 amide bonds. The fourth-order valence-corrected chi connectivity index (χ4v) is 2.61. The van der Waals surface area contributed by atoms with E-state index in [9.17, 15) is 13.6 Å². The van der Waals surface area contributed by atoms with Crippen LogP contribution < -0.4 is 5.73 Å². The Balaban J connectivity index is 2.04. The third kappa shape index (κ3) is 3.59. The first-order valence-electron chi connectivity index (χ1n) is 7.17. The van der Waals surface area contributed by atoms with Crippen molar-refractivity contribution in [1.82, 2.24) is 4.90 Å². The zero-order chi connectivity index (χ0) is 15.8. The van der Waals surface area contributed by atoms with E-state index in [1.807, 2.05) is 0 Å². The average Bonchev–Trinajstić information content (AvgIpc) is 2.74.